The lowest BCUT2D eigenvalue weighted by Gasteiger charge is -2.03. The van der Waals surface area contributed by atoms with Gasteiger partial charge in [0.05, 0.1) is 5.01 Å². The van der Waals surface area contributed by atoms with Crippen LogP contribution in [0.25, 0.3) is 0 Å². The monoisotopic (exact) mass is 408 g/mol. The summed E-state index contributed by atoms with van der Waals surface area (Å²) in [6.07, 6.45) is -3.09. The first-order valence-corrected chi connectivity index (χ1v) is 6.37. The zero-order valence-electron chi connectivity index (χ0n) is 10.3. The maximum atomic E-state index is 12.3. The summed E-state index contributed by atoms with van der Waals surface area (Å²) in [7, 11) is 0. The number of hydrogen-bond donors (Lipinski definition) is 2. The minimum Gasteiger partial charge on any atom is -0.370 e. The van der Waals surface area contributed by atoms with Gasteiger partial charge < -0.3 is 11.1 Å². The van der Waals surface area contributed by atoms with Crippen molar-refractivity contribution in [2.24, 2.45) is 10.7 Å². The van der Waals surface area contributed by atoms with E-state index in [-0.39, 0.29) is 24.0 Å². The third kappa shape index (κ3) is 6.95. The highest BCUT2D eigenvalue weighted by Crippen LogP contribution is 2.29. The normalized spacial score (nSPS) is 12.1. The van der Waals surface area contributed by atoms with Crippen LogP contribution >= 0.6 is 35.3 Å². The molecule has 0 saturated carbocycles. The summed E-state index contributed by atoms with van der Waals surface area (Å²) in [5, 5.41) is 4.27. The molecule has 4 nitrogen and oxygen atoms in total. The predicted molar refractivity (Wildman–Crippen MR) is 81.0 cm³/mol. The molecule has 3 N–H and O–H groups in total. The highest BCUT2D eigenvalue weighted by Gasteiger charge is 2.33. The van der Waals surface area contributed by atoms with Gasteiger partial charge in [0, 0.05) is 24.9 Å². The van der Waals surface area contributed by atoms with Gasteiger partial charge in [0.25, 0.3) is 0 Å². The van der Waals surface area contributed by atoms with Gasteiger partial charge in [-0.3, -0.25) is 4.99 Å². The van der Waals surface area contributed by atoms with E-state index in [1.807, 2.05) is 6.92 Å². The third-order valence-electron chi connectivity index (χ3n) is 1.99. The van der Waals surface area contributed by atoms with E-state index < -0.39 is 11.9 Å². The molecular weight excluding hydrogens is 392 g/mol. The van der Waals surface area contributed by atoms with E-state index in [0.717, 1.165) is 23.1 Å². The second kappa shape index (κ2) is 8.56. The maximum absolute atomic E-state index is 12.3. The van der Waals surface area contributed by atoms with Gasteiger partial charge >= 0.3 is 6.18 Å². The maximum Gasteiger partial charge on any atom is 0.434 e. The first-order valence-electron chi connectivity index (χ1n) is 5.49. The molecule has 19 heavy (non-hydrogen) atoms. The van der Waals surface area contributed by atoms with Crippen LogP contribution in [0.15, 0.2) is 10.4 Å². The topological polar surface area (TPSA) is 63.3 Å². The number of halogens is 4. The van der Waals surface area contributed by atoms with E-state index in [9.17, 15) is 13.2 Å². The number of alkyl halides is 3. The number of hydrogen-bond acceptors (Lipinski definition) is 3. The van der Waals surface area contributed by atoms with Gasteiger partial charge in [0.15, 0.2) is 11.7 Å². The summed E-state index contributed by atoms with van der Waals surface area (Å²) in [5.74, 6) is 0.310. The highest BCUT2D eigenvalue weighted by molar-refractivity contribution is 14.0. The van der Waals surface area contributed by atoms with Gasteiger partial charge in [0.1, 0.15) is 0 Å². The SMILES string of the molecule is CCCN=C(N)NCCc1nc(C(F)(F)F)cs1.I. The summed E-state index contributed by atoms with van der Waals surface area (Å²) in [6.45, 7) is 3.03. The molecule has 1 aromatic rings. The second-order valence-corrected chi connectivity index (χ2v) is 4.51. The van der Waals surface area contributed by atoms with Crippen molar-refractivity contribution in [1.82, 2.24) is 10.3 Å². The Morgan fingerprint density at radius 2 is 2.21 bits per heavy atom. The molecule has 1 rings (SSSR count). The lowest BCUT2D eigenvalue weighted by atomic mass is 10.4. The number of thiazole rings is 1. The van der Waals surface area contributed by atoms with Gasteiger partial charge in [-0.05, 0) is 6.42 Å². The van der Waals surface area contributed by atoms with Gasteiger partial charge in [-0.15, -0.1) is 35.3 Å². The smallest absolute Gasteiger partial charge is 0.370 e. The van der Waals surface area contributed by atoms with Crippen molar-refractivity contribution < 1.29 is 13.2 Å². The standard InChI is InChI=1S/C10H15F3N4S.HI/c1-2-4-15-9(14)16-5-3-8-17-7(6-18-8)10(11,12)13;/h6H,2-5H2,1H3,(H3,14,15,16);1H. The summed E-state index contributed by atoms with van der Waals surface area (Å²) in [4.78, 5) is 7.52. The number of nitrogens with two attached hydrogens (primary N) is 1. The lowest BCUT2D eigenvalue weighted by Crippen LogP contribution is -2.33. The molecule has 0 bridgehead atoms. The molecule has 1 aromatic heterocycles. The van der Waals surface area contributed by atoms with Crippen LogP contribution in [0.4, 0.5) is 13.2 Å². The quantitative estimate of drug-likeness (QED) is 0.448. The summed E-state index contributed by atoms with van der Waals surface area (Å²) in [6, 6.07) is 0. The number of rotatable bonds is 5. The molecule has 0 aromatic carbocycles. The van der Waals surface area contributed by atoms with Crippen LogP contribution in [-0.4, -0.2) is 24.0 Å². The average molecular weight is 408 g/mol. The zero-order valence-corrected chi connectivity index (χ0v) is 13.5. The molecule has 1 heterocycles. The Bertz CT molecular complexity index is 406. The van der Waals surface area contributed by atoms with E-state index in [2.05, 4.69) is 15.3 Å². The molecule has 9 heteroatoms. The fourth-order valence-corrected chi connectivity index (χ4v) is 1.95. The molecule has 0 amide bonds. The van der Waals surface area contributed by atoms with E-state index in [1.165, 1.54) is 0 Å². The van der Waals surface area contributed by atoms with Crippen LogP contribution in [-0.2, 0) is 12.6 Å². The molecule has 0 fully saturated rings. The second-order valence-electron chi connectivity index (χ2n) is 3.57. The first kappa shape index (κ1) is 18.4. The molecule has 0 radical (unpaired) electrons. The largest absolute Gasteiger partial charge is 0.434 e. The van der Waals surface area contributed by atoms with Crippen LogP contribution in [0.3, 0.4) is 0 Å². The fourth-order valence-electron chi connectivity index (χ4n) is 1.14. The van der Waals surface area contributed by atoms with Crippen molar-refractivity contribution in [2.45, 2.75) is 25.9 Å². The molecule has 0 aliphatic carbocycles. The summed E-state index contributed by atoms with van der Waals surface area (Å²) >= 11 is 0.994. The van der Waals surface area contributed by atoms with Crippen LogP contribution in [0.1, 0.15) is 24.0 Å². The molecule has 0 saturated heterocycles. The zero-order chi connectivity index (χ0) is 13.6. The minimum atomic E-state index is -4.37. The Balaban J connectivity index is 0.00000324. The Labute approximate surface area is 130 Å². The van der Waals surface area contributed by atoms with Crippen molar-refractivity contribution in [3.63, 3.8) is 0 Å². The number of nitrogens with zero attached hydrogens (tertiary/aromatic N) is 2. The van der Waals surface area contributed by atoms with Crippen LogP contribution in [0.2, 0.25) is 0 Å². The molecule has 110 valence electrons. The van der Waals surface area contributed by atoms with E-state index >= 15 is 0 Å². The summed E-state index contributed by atoms with van der Waals surface area (Å²) < 4.78 is 36.8. The van der Waals surface area contributed by atoms with Crippen molar-refractivity contribution in [2.75, 3.05) is 13.1 Å². The number of guanidine groups is 1. The van der Waals surface area contributed by atoms with Gasteiger partial charge in [-0.1, -0.05) is 6.92 Å². The average Bonchev–Trinajstić information content (AvgIpc) is 2.74. The van der Waals surface area contributed by atoms with Gasteiger partial charge in [-0.25, -0.2) is 4.98 Å². The van der Waals surface area contributed by atoms with Crippen molar-refractivity contribution in [3.05, 3.63) is 16.1 Å². The van der Waals surface area contributed by atoms with E-state index in [4.69, 9.17) is 5.73 Å². The Morgan fingerprint density at radius 1 is 1.53 bits per heavy atom. The molecule has 0 unspecified atom stereocenters. The van der Waals surface area contributed by atoms with Gasteiger partial charge in [-0.2, -0.15) is 13.2 Å². The molecule has 0 spiro atoms. The van der Waals surface area contributed by atoms with Crippen LogP contribution in [0.5, 0.6) is 0 Å². The lowest BCUT2D eigenvalue weighted by molar-refractivity contribution is -0.140. The fraction of sp³-hybridized carbons (Fsp3) is 0.600. The predicted octanol–water partition coefficient (Wildman–Crippen LogP) is 2.64. The minimum absolute atomic E-state index is 0. The molecule has 0 atom stereocenters. The van der Waals surface area contributed by atoms with Crippen LogP contribution < -0.4 is 11.1 Å². The number of nitrogens with one attached hydrogen (secondary N) is 1. The van der Waals surface area contributed by atoms with Gasteiger partial charge in [0.2, 0.25) is 0 Å². The first-order chi connectivity index (χ1) is 8.43. The third-order valence-corrected chi connectivity index (χ3v) is 2.90. The van der Waals surface area contributed by atoms with Crippen molar-refractivity contribution >= 4 is 41.3 Å². The number of aromatic nitrogens is 1. The van der Waals surface area contributed by atoms with Crippen molar-refractivity contribution in [3.8, 4) is 0 Å². The molecule has 0 aliphatic heterocycles. The Morgan fingerprint density at radius 3 is 2.74 bits per heavy atom. The van der Waals surface area contributed by atoms with Crippen molar-refractivity contribution in [1.29, 1.82) is 0 Å². The van der Waals surface area contributed by atoms with Crippen LogP contribution in [0, 0.1) is 0 Å². The molecule has 0 aliphatic rings. The Kier molecular flexibility index (Phi) is 8.30. The van der Waals surface area contributed by atoms with E-state index in [0.29, 0.717) is 30.5 Å². The Hall–Kier alpha value is -0.580. The van der Waals surface area contributed by atoms with E-state index in [1.54, 1.807) is 0 Å². The highest BCUT2D eigenvalue weighted by atomic mass is 127. The summed E-state index contributed by atoms with van der Waals surface area (Å²) in [5.41, 5.74) is 4.70. The number of aliphatic imine (C=N–C) groups is 1. The molecular formula is C10H16F3IN4S.